The zero-order chi connectivity index (χ0) is 24.1. The first kappa shape index (κ1) is 25.2. The molecule has 0 aliphatic carbocycles. The number of amides is 1. The fourth-order valence-corrected chi connectivity index (χ4v) is 2.84. The lowest BCUT2D eigenvalue weighted by molar-refractivity contribution is -0.134. The van der Waals surface area contributed by atoms with Crippen LogP contribution in [-0.2, 0) is 16.0 Å². The van der Waals surface area contributed by atoms with E-state index in [9.17, 15) is 14.9 Å². The number of nitrogens with one attached hydrogen (secondary N) is 1. The predicted molar refractivity (Wildman–Crippen MR) is 126 cm³/mol. The second-order valence-corrected chi connectivity index (χ2v) is 7.00. The van der Waals surface area contributed by atoms with Crippen molar-refractivity contribution in [3.8, 4) is 23.3 Å². The molecule has 0 bridgehead atoms. The van der Waals surface area contributed by atoms with Crippen LogP contribution in [0.4, 0.5) is 0 Å². The quantitative estimate of drug-likeness (QED) is 0.130. The highest BCUT2D eigenvalue weighted by Crippen LogP contribution is 2.29. The number of hydrogen-bond donors (Lipinski definition) is 1. The van der Waals surface area contributed by atoms with Gasteiger partial charge in [-0.3, -0.25) is 9.59 Å². The monoisotopic (exact) mass is 448 g/mol. The van der Waals surface area contributed by atoms with Crippen molar-refractivity contribution in [2.24, 2.45) is 0 Å². The van der Waals surface area contributed by atoms with Crippen molar-refractivity contribution < 1.29 is 23.8 Å². The first-order chi connectivity index (χ1) is 16.0. The lowest BCUT2D eigenvalue weighted by Crippen LogP contribution is -2.24. The van der Waals surface area contributed by atoms with Crippen molar-refractivity contribution >= 4 is 18.0 Å². The molecule has 1 N–H and O–H groups in total. The highest BCUT2D eigenvalue weighted by Gasteiger charge is 2.13. The number of nitriles is 1. The number of rotatable bonds is 12. The van der Waals surface area contributed by atoms with E-state index < -0.39 is 11.9 Å². The summed E-state index contributed by atoms with van der Waals surface area (Å²) in [6.07, 6.45) is 4.60. The molecule has 0 atom stereocenters. The number of esters is 1. The number of carbonyl (C=O) groups is 2. The molecule has 0 radical (unpaired) electrons. The van der Waals surface area contributed by atoms with E-state index in [1.165, 1.54) is 24.8 Å². The van der Waals surface area contributed by atoms with Crippen molar-refractivity contribution in [2.75, 3.05) is 20.3 Å². The fraction of sp³-hybridized carbons (Fsp3) is 0.269. The van der Waals surface area contributed by atoms with Crippen LogP contribution in [0.1, 0.15) is 30.9 Å². The molecule has 0 saturated heterocycles. The summed E-state index contributed by atoms with van der Waals surface area (Å²) in [4.78, 5) is 24.2. The van der Waals surface area contributed by atoms with Gasteiger partial charge in [0.05, 0.1) is 13.7 Å². The third-order valence-electron chi connectivity index (χ3n) is 4.62. The summed E-state index contributed by atoms with van der Waals surface area (Å²) in [5.41, 5.74) is 1.73. The van der Waals surface area contributed by atoms with Crippen molar-refractivity contribution in [1.82, 2.24) is 5.32 Å². The van der Waals surface area contributed by atoms with Crippen molar-refractivity contribution in [2.45, 2.75) is 26.2 Å². The molecule has 0 heterocycles. The molecule has 7 nitrogen and oxygen atoms in total. The molecule has 0 spiro atoms. The third-order valence-corrected chi connectivity index (χ3v) is 4.62. The zero-order valence-corrected chi connectivity index (χ0v) is 18.9. The largest absolute Gasteiger partial charge is 0.494 e. The van der Waals surface area contributed by atoms with E-state index in [0.717, 1.165) is 12.2 Å². The second kappa shape index (κ2) is 13.4. The molecule has 2 aromatic rings. The van der Waals surface area contributed by atoms with Crippen molar-refractivity contribution in [3.05, 3.63) is 71.8 Å². The Balaban J connectivity index is 1.92. The van der Waals surface area contributed by atoms with Crippen LogP contribution in [0.2, 0.25) is 0 Å². The molecule has 2 rings (SSSR count). The number of aryl methyl sites for hydroxylation is 1. The smallest absolute Gasteiger partial charge is 0.311 e. The van der Waals surface area contributed by atoms with E-state index in [2.05, 4.69) is 18.8 Å². The number of ether oxygens (including phenoxy) is 3. The third kappa shape index (κ3) is 8.19. The standard InChI is InChI=1S/C26H28N2O5/c1-4-14-28-26(30)21(18-27)16-20-10-13-23(24(17-20)31-3)33-25(29)7-6-15-32-22-11-8-19(5-2)9-12-22/h4,8-13,16-17H,1,5-7,14-15H2,2-3H3,(H,28,30)/b21-16+. The molecule has 0 unspecified atom stereocenters. The Labute approximate surface area is 194 Å². The Kier molecular flexibility index (Phi) is 10.2. The molecule has 0 aliphatic rings. The number of hydrogen-bond acceptors (Lipinski definition) is 6. The Bertz CT molecular complexity index is 1040. The average Bonchev–Trinajstić information content (AvgIpc) is 2.84. The topological polar surface area (TPSA) is 97.7 Å². The molecule has 0 aliphatic heterocycles. The summed E-state index contributed by atoms with van der Waals surface area (Å²) < 4.78 is 16.4. The van der Waals surface area contributed by atoms with Gasteiger partial charge in [0, 0.05) is 13.0 Å². The maximum absolute atomic E-state index is 12.2. The lowest BCUT2D eigenvalue weighted by Gasteiger charge is -2.11. The highest BCUT2D eigenvalue weighted by molar-refractivity contribution is 6.01. The SMILES string of the molecule is C=CCNC(=O)/C(C#N)=C/c1ccc(OC(=O)CCCOc2ccc(CC)cc2)c(OC)c1. The number of methoxy groups -OCH3 is 1. The average molecular weight is 449 g/mol. The van der Waals surface area contributed by atoms with Gasteiger partial charge in [0.15, 0.2) is 11.5 Å². The van der Waals surface area contributed by atoms with Gasteiger partial charge in [-0.25, -0.2) is 0 Å². The molecule has 0 aromatic heterocycles. The summed E-state index contributed by atoms with van der Waals surface area (Å²) in [6, 6.07) is 14.5. The minimum Gasteiger partial charge on any atom is -0.494 e. The highest BCUT2D eigenvalue weighted by atomic mass is 16.6. The first-order valence-corrected chi connectivity index (χ1v) is 10.6. The van der Waals surface area contributed by atoms with Crippen molar-refractivity contribution in [3.63, 3.8) is 0 Å². The van der Waals surface area contributed by atoms with Crippen LogP contribution in [0.5, 0.6) is 17.2 Å². The van der Waals surface area contributed by atoms with Crippen LogP contribution in [-0.4, -0.2) is 32.1 Å². The Morgan fingerprint density at radius 3 is 2.55 bits per heavy atom. The van der Waals surface area contributed by atoms with Gasteiger partial charge in [0.2, 0.25) is 0 Å². The summed E-state index contributed by atoms with van der Waals surface area (Å²) in [5.74, 6) is 0.415. The van der Waals surface area contributed by atoms with Crippen LogP contribution < -0.4 is 19.5 Å². The Morgan fingerprint density at radius 1 is 1.15 bits per heavy atom. The van der Waals surface area contributed by atoms with Crippen LogP contribution >= 0.6 is 0 Å². The molecule has 0 saturated carbocycles. The van der Waals surface area contributed by atoms with Gasteiger partial charge >= 0.3 is 5.97 Å². The van der Waals surface area contributed by atoms with Gasteiger partial charge in [-0.1, -0.05) is 31.2 Å². The molecule has 172 valence electrons. The van der Waals surface area contributed by atoms with Gasteiger partial charge in [-0.2, -0.15) is 5.26 Å². The minimum atomic E-state index is -0.504. The second-order valence-electron chi connectivity index (χ2n) is 7.00. The first-order valence-electron chi connectivity index (χ1n) is 10.6. The number of nitrogens with zero attached hydrogens (tertiary/aromatic N) is 1. The molecule has 7 heteroatoms. The lowest BCUT2D eigenvalue weighted by atomic mass is 10.1. The normalized spacial score (nSPS) is 10.6. The van der Waals surface area contributed by atoms with Gasteiger partial charge in [-0.15, -0.1) is 6.58 Å². The van der Waals surface area contributed by atoms with Crippen LogP contribution in [0.25, 0.3) is 6.08 Å². The number of carbonyl (C=O) groups excluding carboxylic acids is 2. The summed E-state index contributed by atoms with van der Waals surface area (Å²) in [6.45, 7) is 6.26. The summed E-state index contributed by atoms with van der Waals surface area (Å²) >= 11 is 0. The minimum absolute atomic E-state index is 0.0621. The Hall–Kier alpha value is -4.05. The maximum atomic E-state index is 12.2. The van der Waals surface area contributed by atoms with Gasteiger partial charge in [-0.05, 0) is 54.3 Å². The van der Waals surface area contributed by atoms with E-state index in [1.807, 2.05) is 30.3 Å². The van der Waals surface area contributed by atoms with E-state index in [1.54, 1.807) is 18.2 Å². The van der Waals surface area contributed by atoms with Gasteiger partial charge in [0.1, 0.15) is 17.4 Å². The van der Waals surface area contributed by atoms with Gasteiger partial charge < -0.3 is 19.5 Å². The molecular weight excluding hydrogens is 420 g/mol. The zero-order valence-electron chi connectivity index (χ0n) is 18.9. The number of benzene rings is 2. The van der Waals surface area contributed by atoms with Crippen LogP contribution in [0.15, 0.2) is 60.7 Å². The fourth-order valence-electron chi connectivity index (χ4n) is 2.84. The summed E-state index contributed by atoms with van der Waals surface area (Å²) in [5, 5.41) is 11.8. The predicted octanol–water partition coefficient (Wildman–Crippen LogP) is 4.23. The molecule has 0 fully saturated rings. The Morgan fingerprint density at radius 2 is 1.91 bits per heavy atom. The van der Waals surface area contributed by atoms with Gasteiger partial charge in [0.25, 0.3) is 5.91 Å². The molecule has 33 heavy (non-hydrogen) atoms. The van der Waals surface area contributed by atoms with Crippen molar-refractivity contribution in [1.29, 1.82) is 5.26 Å². The maximum Gasteiger partial charge on any atom is 0.311 e. The van der Waals surface area contributed by atoms with E-state index in [-0.39, 0.29) is 24.3 Å². The molecule has 1 amide bonds. The van der Waals surface area contributed by atoms with Crippen LogP contribution in [0, 0.1) is 11.3 Å². The van der Waals surface area contributed by atoms with E-state index in [0.29, 0.717) is 24.3 Å². The van der Waals surface area contributed by atoms with Crippen LogP contribution in [0.3, 0.4) is 0 Å². The summed E-state index contributed by atoms with van der Waals surface area (Å²) in [7, 11) is 1.44. The molecular formula is C26H28N2O5. The van der Waals surface area contributed by atoms with E-state index in [4.69, 9.17) is 14.2 Å². The van der Waals surface area contributed by atoms with E-state index >= 15 is 0 Å². The molecule has 2 aromatic carbocycles.